The minimum absolute atomic E-state index is 0.270. The van der Waals surface area contributed by atoms with Gasteiger partial charge in [0, 0.05) is 13.0 Å². The lowest BCUT2D eigenvalue weighted by Crippen LogP contribution is -2.01. The van der Waals surface area contributed by atoms with E-state index in [0.717, 1.165) is 12.7 Å². The molecule has 1 N–H and O–H groups in total. The van der Waals surface area contributed by atoms with E-state index in [1.807, 2.05) is 6.92 Å². The zero-order chi connectivity index (χ0) is 7.11. The summed E-state index contributed by atoms with van der Waals surface area (Å²) in [6, 6.07) is 0.753. The van der Waals surface area contributed by atoms with Crippen molar-refractivity contribution in [3.8, 4) is 0 Å². The highest BCUT2D eigenvalue weighted by atomic mass is 28.2. The summed E-state index contributed by atoms with van der Waals surface area (Å²) < 4.78 is 5.06. The second-order valence-electron chi connectivity index (χ2n) is 1.69. The molecule has 0 aromatic rings. The Bertz CT molecular complexity index is 84.3. The van der Waals surface area contributed by atoms with Crippen LogP contribution < -0.4 is 0 Å². The van der Waals surface area contributed by atoms with E-state index >= 15 is 0 Å². The molecular weight excluding hydrogens is 136 g/mol. The molecule has 0 spiro atoms. The van der Waals surface area contributed by atoms with Crippen molar-refractivity contribution in [3.63, 3.8) is 0 Å². The van der Waals surface area contributed by atoms with Gasteiger partial charge in [0.1, 0.15) is 0 Å². The summed E-state index contributed by atoms with van der Waals surface area (Å²) in [4.78, 5) is 9.93. The van der Waals surface area contributed by atoms with Gasteiger partial charge >= 0.3 is 5.97 Å². The lowest BCUT2D eigenvalue weighted by atomic mass is 10.5. The summed E-state index contributed by atoms with van der Waals surface area (Å²) >= 11 is 0. The molecule has 0 fully saturated rings. The smallest absolute Gasteiger partial charge is 0.303 e. The molecule has 9 heavy (non-hydrogen) atoms. The monoisotopic (exact) mass is 148 g/mol. The Balaban J connectivity index is 2.83. The Morgan fingerprint density at radius 1 is 1.78 bits per heavy atom. The first-order valence-corrected chi connectivity index (χ1v) is 4.64. The number of carboxylic acid groups (broad SMARTS) is 1. The molecule has 0 rings (SSSR count). The van der Waals surface area contributed by atoms with E-state index in [0.29, 0.717) is 0 Å². The van der Waals surface area contributed by atoms with Crippen LogP contribution >= 0.6 is 0 Å². The van der Waals surface area contributed by atoms with Gasteiger partial charge in [-0.05, 0) is 13.0 Å². The van der Waals surface area contributed by atoms with Crippen molar-refractivity contribution in [2.45, 2.75) is 19.4 Å². The molecule has 0 unspecified atom stereocenters. The van der Waals surface area contributed by atoms with Crippen molar-refractivity contribution in [1.82, 2.24) is 0 Å². The van der Waals surface area contributed by atoms with Gasteiger partial charge in [-0.2, -0.15) is 0 Å². The Morgan fingerprint density at radius 2 is 2.44 bits per heavy atom. The molecule has 54 valence electrons. The van der Waals surface area contributed by atoms with Gasteiger partial charge in [-0.15, -0.1) is 0 Å². The molecule has 0 aromatic carbocycles. The fraction of sp³-hybridized carbons (Fsp3) is 0.800. The van der Waals surface area contributed by atoms with E-state index in [1.165, 1.54) is 0 Å². The number of aliphatic carboxylic acids is 1. The lowest BCUT2D eigenvalue weighted by Gasteiger charge is -1.95. The molecule has 0 aliphatic rings. The van der Waals surface area contributed by atoms with Crippen LogP contribution in [0.5, 0.6) is 0 Å². The van der Waals surface area contributed by atoms with Crippen LogP contribution in [0.4, 0.5) is 0 Å². The summed E-state index contributed by atoms with van der Waals surface area (Å²) in [6.07, 6.45) is 0.270. The largest absolute Gasteiger partial charge is 0.481 e. The number of rotatable bonds is 5. The standard InChI is InChI=1S/C5H12O3Si/c1-2-8-9-4-3-5(6)7/h2-4,9H2,1H3,(H,6,7). The number of carbonyl (C=O) groups is 1. The third kappa shape index (κ3) is 7.65. The molecule has 0 aromatic heterocycles. The predicted molar refractivity (Wildman–Crippen MR) is 37.2 cm³/mol. The molecule has 0 aliphatic heterocycles. The fourth-order valence-electron chi connectivity index (χ4n) is 0.470. The summed E-state index contributed by atoms with van der Waals surface area (Å²) in [5, 5.41) is 8.18. The zero-order valence-electron chi connectivity index (χ0n) is 5.59. The third-order valence-electron chi connectivity index (χ3n) is 0.883. The minimum atomic E-state index is -0.720. The molecule has 0 saturated carbocycles. The van der Waals surface area contributed by atoms with Gasteiger partial charge in [0.15, 0.2) is 9.76 Å². The molecular formula is C5H12O3Si. The van der Waals surface area contributed by atoms with E-state index in [1.54, 1.807) is 0 Å². The Kier molecular flexibility index (Phi) is 5.55. The van der Waals surface area contributed by atoms with Gasteiger partial charge in [0.2, 0.25) is 0 Å². The molecule has 4 heteroatoms. The van der Waals surface area contributed by atoms with Crippen LogP contribution in [0.15, 0.2) is 0 Å². The van der Waals surface area contributed by atoms with Gasteiger partial charge in [0.05, 0.1) is 0 Å². The normalized spacial score (nSPS) is 10.8. The van der Waals surface area contributed by atoms with Crippen LogP contribution in [-0.2, 0) is 9.22 Å². The maximum atomic E-state index is 9.93. The molecule has 0 bridgehead atoms. The Hall–Kier alpha value is -0.353. The highest BCUT2D eigenvalue weighted by Gasteiger charge is 1.95. The van der Waals surface area contributed by atoms with Crippen LogP contribution in [0.2, 0.25) is 6.04 Å². The predicted octanol–water partition coefficient (Wildman–Crippen LogP) is -0.000300. The average molecular weight is 148 g/mol. The van der Waals surface area contributed by atoms with Crippen LogP contribution in [0.3, 0.4) is 0 Å². The van der Waals surface area contributed by atoms with Crippen molar-refractivity contribution in [3.05, 3.63) is 0 Å². The van der Waals surface area contributed by atoms with Crippen molar-refractivity contribution in [2.75, 3.05) is 6.61 Å². The maximum absolute atomic E-state index is 9.93. The summed E-state index contributed by atoms with van der Waals surface area (Å²) in [5.41, 5.74) is 0. The average Bonchev–Trinajstić information content (AvgIpc) is 1.80. The fourth-order valence-corrected chi connectivity index (χ4v) is 1.41. The van der Waals surface area contributed by atoms with Crippen molar-refractivity contribution in [2.24, 2.45) is 0 Å². The molecule has 0 atom stereocenters. The second kappa shape index (κ2) is 5.78. The Labute approximate surface area is 57.0 Å². The van der Waals surface area contributed by atoms with Gasteiger partial charge in [-0.25, -0.2) is 0 Å². The summed E-state index contributed by atoms with van der Waals surface area (Å²) in [5.74, 6) is -0.720. The summed E-state index contributed by atoms with van der Waals surface area (Å²) in [7, 11) is -0.512. The molecule has 0 amide bonds. The molecule has 3 nitrogen and oxygen atoms in total. The van der Waals surface area contributed by atoms with E-state index in [2.05, 4.69) is 0 Å². The highest BCUT2D eigenvalue weighted by Crippen LogP contribution is 1.87. The van der Waals surface area contributed by atoms with Crippen LogP contribution in [-0.4, -0.2) is 27.4 Å². The molecule has 0 heterocycles. The first-order valence-electron chi connectivity index (χ1n) is 3.07. The highest BCUT2D eigenvalue weighted by molar-refractivity contribution is 6.27. The summed E-state index contributed by atoms with van der Waals surface area (Å²) in [6.45, 7) is 2.65. The quantitative estimate of drug-likeness (QED) is 0.441. The van der Waals surface area contributed by atoms with E-state index in [4.69, 9.17) is 9.53 Å². The first kappa shape index (κ1) is 8.65. The van der Waals surface area contributed by atoms with Crippen molar-refractivity contribution >= 4 is 15.7 Å². The lowest BCUT2D eigenvalue weighted by molar-refractivity contribution is -0.136. The van der Waals surface area contributed by atoms with E-state index < -0.39 is 15.7 Å². The SMILES string of the molecule is CCO[SiH2]CCC(=O)O. The second-order valence-corrected chi connectivity index (χ2v) is 3.22. The number of hydrogen-bond acceptors (Lipinski definition) is 2. The molecule has 0 radical (unpaired) electrons. The number of carboxylic acids is 1. The minimum Gasteiger partial charge on any atom is -0.481 e. The zero-order valence-corrected chi connectivity index (χ0v) is 7.01. The Morgan fingerprint density at radius 3 is 2.89 bits per heavy atom. The van der Waals surface area contributed by atoms with Crippen molar-refractivity contribution in [1.29, 1.82) is 0 Å². The van der Waals surface area contributed by atoms with Crippen LogP contribution in [0.1, 0.15) is 13.3 Å². The van der Waals surface area contributed by atoms with Gasteiger partial charge in [0.25, 0.3) is 0 Å². The van der Waals surface area contributed by atoms with E-state index in [9.17, 15) is 4.79 Å². The van der Waals surface area contributed by atoms with Crippen LogP contribution in [0, 0.1) is 0 Å². The van der Waals surface area contributed by atoms with Crippen molar-refractivity contribution < 1.29 is 14.3 Å². The van der Waals surface area contributed by atoms with E-state index in [-0.39, 0.29) is 6.42 Å². The third-order valence-corrected chi connectivity index (χ3v) is 2.22. The molecule has 0 saturated heterocycles. The van der Waals surface area contributed by atoms with Gasteiger partial charge in [-0.3, -0.25) is 4.79 Å². The van der Waals surface area contributed by atoms with Gasteiger partial charge < -0.3 is 9.53 Å². The first-order chi connectivity index (χ1) is 4.27. The van der Waals surface area contributed by atoms with Gasteiger partial charge in [-0.1, -0.05) is 0 Å². The topological polar surface area (TPSA) is 46.5 Å². The maximum Gasteiger partial charge on any atom is 0.303 e. The van der Waals surface area contributed by atoms with Crippen LogP contribution in [0.25, 0.3) is 0 Å². The number of hydrogen-bond donors (Lipinski definition) is 1. The molecule has 0 aliphatic carbocycles.